The molecule has 0 N–H and O–H groups in total. The quantitative estimate of drug-likeness (QED) is 0.183. The van der Waals surface area contributed by atoms with Gasteiger partial charge < -0.3 is 4.42 Å². The average Bonchev–Trinajstić information content (AvgIpc) is 3.75. The monoisotopic (exact) mass is 600 g/mol. The van der Waals surface area contributed by atoms with Crippen molar-refractivity contribution in [3.63, 3.8) is 0 Å². The normalized spacial score (nSPS) is 20.3. The Morgan fingerprint density at radius 2 is 0.733 bits per heavy atom. The topological polar surface area (TPSA) is 13.1 Å². The fourth-order valence-corrected chi connectivity index (χ4v) is 5.27. The molecular weight excluding hydrogens is 544 g/mol. The van der Waals surface area contributed by atoms with Crippen molar-refractivity contribution in [3.05, 3.63) is 169 Å². The lowest BCUT2D eigenvalue weighted by Crippen LogP contribution is -1.91. The van der Waals surface area contributed by atoms with Gasteiger partial charge in [-0.25, -0.2) is 0 Å². The van der Waals surface area contributed by atoms with Crippen molar-refractivity contribution >= 4 is 43.5 Å². The fourth-order valence-electron chi connectivity index (χ4n) is 5.27. The molecule has 0 aliphatic rings. The number of furan rings is 1. The molecule has 0 bridgehead atoms. The number of para-hydroxylation sites is 2. The smallest absolute Gasteiger partial charge is 0.143 e. The molecule has 1 aromatic heterocycles. The van der Waals surface area contributed by atoms with Gasteiger partial charge in [-0.05, 0) is 55.4 Å². The second-order valence-corrected chi connectivity index (χ2v) is 9.51. The van der Waals surface area contributed by atoms with E-state index < -0.39 is 257 Å². The molecule has 8 aromatic carbocycles. The van der Waals surface area contributed by atoms with E-state index in [4.69, 9.17) is 33.2 Å². The van der Waals surface area contributed by atoms with Crippen LogP contribution in [0, 0.1) is 0 Å². The van der Waals surface area contributed by atoms with Gasteiger partial charge in [0.05, 0.1) is 38.4 Å². The third-order valence-corrected chi connectivity index (χ3v) is 7.11. The van der Waals surface area contributed by atoms with Gasteiger partial charge >= 0.3 is 0 Å². The molecule has 1 heteroatoms. The van der Waals surface area contributed by atoms with Crippen molar-refractivity contribution in [3.8, 4) is 44.5 Å². The maximum absolute atomic E-state index is 9.62. The first-order valence-corrected chi connectivity index (χ1v) is 13.2. The van der Waals surface area contributed by atoms with E-state index in [1.165, 1.54) is 0 Å². The minimum Gasteiger partial charge on any atom is -0.455 e. The zero-order valence-electron chi connectivity index (χ0n) is 50.4. The van der Waals surface area contributed by atoms with Gasteiger partial charge in [0.1, 0.15) is 11.2 Å². The van der Waals surface area contributed by atoms with E-state index in [1.807, 2.05) is 0 Å². The van der Waals surface area contributed by atoms with Crippen LogP contribution in [0.1, 0.15) is 38.4 Å². The largest absolute Gasteiger partial charge is 0.455 e. The lowest BCUT2D eigenvalue weighted by Gasteiger charge is -2.18. The van der Waals surface area contributed by atoms with Crippen LogP contribution in [0.2, 0.25) is 0 Å². The molecule has 0 radical (unpaired) electrons. The zero-order chi connectivity index (χ0) is 54.1. The second-order valence-electron chi connectivity index (χ2n) is 9.51. The van der Waals surface area contributed by atoms with Gasteiger partial charge in [-0.1, -0.05) is 163 Å². The van der Waals surface area contributed by atoms with Gasteiger partial charge in [-0.3, -0.25) is 0 Å². The van der Waals surface area contributed by atoms with E-state index in [1.54, 1.807) is 0 Å². The Morgan fingerprint density at radius 1 is 0.311 bits per heavy atom. The first-order chi connectivity index (χ1) is 34.0. The average molecular weight is 601 g/mol. The highest BCUT2D eigenvalue weighted by molar-refractivity contribution is 6.24. The van der Waals surface area contributed by atoms with Crippen LogP contribution in [-0.4, -0.2) is 0 Å². The van der Waals surface area contributed by atoms with Gasteiger partial charge in [0.25, 0.3) is 0 Å². The number of hydrogen-bond donors (Lipinski definition) is 0. The Kier molecular flexibility index (Phi) is 2.32. The van der Waals surface area contributed by atoms with E-state index in [0.717, 1.165) is 0 Å². The summed E-state index contributed by atoms with van der Waals surface area (Å²) in [4.78, 5) is 0. The van der Waals surface area contributed by atoms with Gasteiger partial charge in [0.2, 0.25) is 0 Å². The molecule has 9 aromatic rings. The van der Waals surface area contributed by atoms with Gasteiger partial charge in [-0.15, -0.1) is 0 Å². The summed E-state index contributed by atoms with van der Waals surface area (Å²) in [7, 11) is 0. The molecule has 0 saturated carbocycles. The van der Waals surface area contributed by atoms with Crippen LogP contribution in [0.5, 0.6) is 0 Å². The Labute approximate surface area is 301 Å². The van der Waals surface area contributed by atoms with Gasteiger partial charge in [-0.2, -0.15) is 0 Å². The summed E-state index contributed by atoms with van der Waals surface area (Å²) in [6.45, 7) is 0. The SMILES string of the molecule is [2H]c1c([2H])c([2H])c(-c2c([2H])c([2H])c([2H])c(-c3c4c([2H])c([2H])c([2H])c([2H])c4c(-c4c([2H])c([2H])c([2H])c5c4oc4c(-c6c([2H])c([2H])c([2H])c([2H])c6[2H])c([2H])c([2H])c([2H])c45)c4c([2H])c([2H])c([2H])c([2H])c34)c2[2H])c([2H])c1[2H]. The van der Waals surface area contributed by atoms with Crippen LogP contribution in [0.4, 0.5) is 0 Å². The molecule has 0 spiro atoms. The summed E-state index contributed by atoms with van der Waals surface area (Å²) in [5.41, 5.74) is -7.62. The fraction of sp³-hybridized carbons (Fsp3) is 0. The van der Waals surface area contributed by atoms with E-state index in [9.17, 15) is 9.60 Å². The summed E-state index contributed by atoms with van der Waals surface area (Å²) in [6, 6.07) is -27.0. The Morgan fingerprint density at radius 3 is 1.36 bits per heavy atom. The maximum atomic E-state index is 9.62. The predicted octanol–water partition coefficient (Wildman–Crippen LogP) is 12.6. The van der Waals surface area contributed by atoms with Crippen LogP contribution in [0.3, 0.4) is 0 Å². The van der Waals surface area contributed by atoms with Crippen LogP contribution in [0.15, 0.2) is 174 Å². The van der Waals surface area contributed by atoms with Crippen molar-refractivity contribution in [1.29, 1.82) is 0 Å². The van der Waals surface area contributed by atoms with Crippen molar-refractivity contribution in [2.45, 2.75) is 0 Å². The lowest BCUT2D eigenvalue weighted by molar-refractivity contribution is 0.671. The second kappa shape index (κ2) is 10.4. The molecule has 0 saturated heterocycles. The summed E-state index contributed by atoms with van der Waals surface area (Å²) in [6.07, 6.45) is 0. The Bertz CT molecular complexity index is 3980. The van der Waals surface area contributed by atoms with Crippen molar-refractivity contribution in [1.82, 2.24) is 0 Å². The molecule has 0 atom stereocenters. The number of rotatable bonds is 4. The first-order valence-electron chi connectivity index (χ1n) is 27.2. The van der Waals surface area contributed by atoms with E-state index in [-0.39, 0.29) is 0 Å². The highest BCUT2D eigenvalue weighted by Crippen LogP contribution is 2.47. The summed E-state index contributed by atoms with van der Waals surface area (Å²) in [5.74, 6) is 0. The molecule has 1 nitrogen and oxygen atoms in total. The maximum Gasteiger partial charge on any atom is 0.143 e. The van der Waals surface area contributed by atoms with E-state index in [0.29, 0.717) is 0 Å². The molecule has 45 heavy (non-hydrogen) atoms. The predicted molar refractivity (Wildman–Crippen MR) is 190 cm³/mol. The molecule has 0 unspecified atom stereocenters. The van der Waals surface area contributed by atoms with Crippen LogP contribution >= 0.6 is 0 Å². The van der Waals surface area contributed by atoms with Crippen molar-refractivity contribution in [2.24, 2.45) is 0 Å². The number of benzene rings is 8. The first kappa shape index (κ1) is 10.1. The van der Waals surface area contributed by atoms with Crippen LogP contribution in [0.25, 0.3) is 88.0 Å². The minimum absolute atomic E-state index is 0.567. The summed E-state index contributed by atoms with van der Waals surface area (Å²) < 4.78 is 256. The van der Waals surface area contributed by atoms with Crippen molar-refractivity contribution < 1.29 is 42.8 Å². The molecule has 0 aliphatic heterocycles. The van der Waals surface area contributed by atoms with Gasteiger partial charge in [0, 0.05) is 27.5 Å². The molecule has 0 aliphatic carbocycles. The van der Waals surface area contributed by atoms with Crippen LogP contribution < -0.4 is 0 Å². The van der Waals surface area contributed by atoms with E-state index >= 15 is 0 Å². The number of hydrogen-bond acceptors (Lipinski definition) is 1. The molecule has 0 amide bonds. The third kappa shape index (κ3) is 4.09. The summed E-state index contributed by atoms with van der Waals surface area (Å²) >= 11 is 0. The van der Waals surface area contributed by atoms with Crippen LogP contribution in [-0.2, 0) is 0 Å². The third-order valence-electron chi connectivity index (χ3n) is 7.11. The van der Waals surface area contributed by atoms with Crippen molar-refractivity contribution in [2.75, 3.05) is 0 Å². The molecule has 0 fully saturated rings. The molecule has 1 heterocycles. The van der Waals surface area contributed by atoms with Gasteiger partial charge in [0.15, 0.2) is 0 Å². The highest BCUT2D eigenvalue weighted by Gasteiger charge is 2.21. The Hall–Kier alpha value is -5.92. The molecule has 9 rings (SSSR count). The highest BCUT2D eigenvalue weighted by atomic mass is 16.3. The zero-order valence-corrected chi connectivity index (χ0v) is 22.4. The van der Waals surface area contributed by atoms with E-state index in [2.05, 4.69) is 0 Å². The Balaban J connectivity index is 1.62. The minimum atomic E-state index is -1.06. The molecular formula is C44H28O. The lowest BCUT2D eigenvalue weighted by atomic mass is 9.85. The molecule has 210 valence electrons. The standard InChI is InChI=1S/C44H28O/c1-3-14-29(15-4-1)31-18-11-19-32(28-31)41-34-20-7-9-22-36(34)42(37-23-10-8-21-35(37)41)40-27-13-26-39-38-25-12-24-33(43(38)45-44(39)40)30-16-5-2-6-17-30/h1-28H/i1D,2D,3D,4D,5D,6D,7D,8D,9D,10D,11D,12D,13D,14D,15D,16D,17D,18D,19D,20D,21D,22D,23D,24D,25D,26D,27D,28D. The summed E-state index contributed by atoms with van der Waals surface area (Å²) in [5, 5.41) is -4.26. The number of fused-ring (bicyclic) bond motifs is 5.